The van der Waals surface area contributed by atoms with E-state index in [2.05, 4.69) is 4.72 Å². The van der Waals surface area contributed by atoms with Gasteiger partial charge in [0.15, 0.2) is 23.0 Å². The van der Waals surface area contributed by atoms with E-state index in [9.17, 15) is 13.2 Å². The minimum atomic E-state index is -4.22. The van der Waals surface area contributed by atoms with E-state index in [0.29, 0.717) is 24.7 Å². The summed E-state index contributed by atoms with van der Waals surface area (Å²) in [5.74, 6) is -0.361. The third kappa shape index (κ3) is 4.55. The molecule has 0 unspecified atom stereocenters. The Bertz CT molecular complexity index is 1110. The zero-order chi connectivity index (χ0) is 21.9. The van der Waals surface area contributed by atoms with Gasteiger partial charge in [-0.1, -0.05) is 11.6 Å². The molecule has 0 atom stereocenters. The second kappa shape index (κ2) is 8.72. The van der Waals surface area contributed by atoms with Crippen LogP contribution in [0.5, 0.6) is 23.0 Å². The molecule has 0 aromatic heterocycles. The van der Waals surface area contributed by atoms with Crippen molar-refractivity contribution >= 4 is 39.4 Å². The SMILES string of the molecule is COc1cc(C=CC(=O)O)cc(S(=O)(=O)Nc2cc3c(cc2Cl)OCCO3)c1OC. The molecule has 2 aromatic carbocycles. The Kier molecular flexibility index (Phi) is 6.28. The maximum Gasteiger partial charge on any atom is 0.328 e. The monoisotopic (exact) mass is 455 g/mol. The Morgan fingerprint density at radius 3 is 2.40 bits per heavy atom. The average Bonchev–Trinajstić information content (AvgIpc) is 2.71. The van der Waals surface area contributed by atoms with E-state index >= 15 is 0 Å². The van der Waals surface area contributed by atoms with E-state index < -0.39 is 16.0 Å². The number of halogens is 1. The molecule has 0 saturated heterocycles. The first-order valence-corrected chi connectivity index (χ1v) is 10.4. The third-order valence-electron chi connectivity index (χ3n) is 4.05. The summed E-state index contributed by atoms with van der Waals surface area (Å²) in [7, 11) is -1.59. The molecule has 0 fully saturated rings. The largest absolute Gasteiger partial charge is 0.493 e. The van der Waals surface area contributed by atoms with E-state index in [0.717, 1.165) is 6.08 Å². The molecule has 30 heavy (non-hydrogen) atoms. The fourth-order valence-electron chi connectivity index (χ4n) is 2.76. The lowest BCUT2D eigenvalue weighted by atomic mass is 10.2. The molecular formula is C19H18ClNO8S. The molecule has 1 aliphatic heterocycles. The number of aliphatic carboxylic acids is 1. The highest BCUT2D eigenvalue weighted by atomic mass is 35.5. The number of carboxylic acid groups (broad SMARTS) is 1. The maximum absolute atomic E-state index is 13.1. The van der Waals surface area contributed by atoms with Crippen molar-refractivity contribution < 1.29 is 37.3 Å². The summed E-state index contributed by atoms with van der Waals surface area (Å²) in [6, 6.07) is 5.59. The molecule has 0 spiro atoms. The molecule has 0 aliphatic carbocycles. The van der Waals surface area contributed by atoms with Crippen LogP contribution in [0, 0.1) is 0 Å². The van der Waals surface area contributed by atoms with E-state index in [1.807, 2.05) is 0 Å². The number of carboxylic acids is 1. The summed E-state index contributed by atoms with van der Waals surface area (Å²) in [5, 5.41) is 8.95. The van der Waals surface area contributed by atoms with Gasteiger partial charge in [-0.3, -0.25) is 4.72 Å². The number of hydrogen-bond donors (Lipinski definition) is 2. The summed E-state index contributed by atoms with van der Waals surface area (Å²) in [6.07, 6.45) is 2.11. The molecule has 0 bridgehead atoms. The molecule has 2 N–H and O–H groups in total. The van der Waals surface area contributed by atoms with E-state index in [4.69, 9.17) is 35.7 Å². The number of carbonyl (C=O) groups is 1. The Morgan fingerprint density at radius 2 is 1.80 bits per heavy atom. The van der Waals surface area contributed by atoms with Crippen LogP contribution in [-0.2, 0) is 14.8 Å². The molecule has 9 nitrogen and oxygen atoms in total. The van der Waals surface area contributed by atoms with Crippen molar-refractivity contribution in [3.05, 3.63) is 40.9 Å². The van der Waals surface area contributed by atoms with E-state index in [-0.39, 0.29) is 32.7 Å². The smallest absolute Gasteiger partial charge is 0.328 e. The Labute approximate surface area is 177 Å². The summed E-state index contributed by atoms with van der Waals surface area (Å²) in [6.45, 7) is 0.686. The fourth-order valence-corrected chi connectivity index (χ4v) is 4.30. The number of rotatable bonds is 7. The van der Waals surface area contributed by atoms with Gasteiger partial charge < -0.3 is 24.1 Å². The van der Waals surface area contributed by atoms with Gasteiger partial charge >= 0.3 is 5.97 Å². The van der Waals surface area contributed by atoms with Gasteiger partial charge in [0.2, 0.25) is 0 Å². The molecular weight excluding hydrogens is 438 g/mol. The molecule has 0 amide bonds. The van der Waals surface area contributed by atoms with Crippen molar-refractivity contribution in [2.75, 3.05) is 32.2 Å². The third-order valence-corrected chi connectivity index (χ3v) is 5.73. The first-order chi connectivity index (χ1) is 14.2. The van der Waals surface area contributed by atoms with Gasteiger partial charge in [0, 0.05) is 18.2 Å². The fraction of sp³-hybridized carbons (Fsp3) is 0.211. The lowest BCUT2D eigenvalue weighted by Gasteiger charge is -2.20. The van der Waals surface area contributed by atoms with Gasteiger partial charge in [-0.15, -0.1) is 0 Å². The number of nitrogens with one attached hydrogen (secondary N) is 1. The highest BCUT2D eigenvalue weighted by Gasteiger charge is 2.26. The Hall–Kier alpha value is -3.11. The molecule has 1 heterocycles. The quantitative estimate of drug-likeness (QED) is 0.611. The Morgan fingerprint density at radius 1 is 1.13 bits per heavy atom. The first kappa shape index (κ1) is 21.6. The number of methoxy groups -OCH3 is 2. The molecule has 1 aliphatic rings. The number of sulfonamides is 1. The van der Waals surface area contributed by atoms with Crippen molar-refractivity contribution in [2.45, 2.75) is 4.90 Å². The van der Waals surface area contributed by atoms with Crippen LogP contribution in [0.25, 0.3) is 6.08 Å². The topological polar surface area (TPSA) is 120 Å². The molecule has 2 aromatic rings. The molecule has 11 heteroatoms. The standard InChI is InChI=1S/C19H18ClNO8S/c1-26-16-7-11(3-4-18(22)23)8-17(19(16)27-2)30(24,25)21-13-10-15-14(9-12(13)20)28-5-6-29-15/h3-4,7-10,21H,5-6H2,1-2H3,(H,22,23). The van der Waals surface area contributed by atoms with Crippen LogP contribution in [0.2, 0.25) is 5.02 Å². The summed E-state index contributed by atoms with van der Waals surface area (Å²) < 4.78 is 50.0. The summed E-state index contributed by atoms with van der Waals surface area (Å²) in [4.78, 5) is 10.6. The summed E-state index contributed by atoms with van der Waals surface area (Å²) in [5.41, 5.74) is 0.358. The van der Waals surface area contributed by atoms with Gasteiger partial charge in [-0.05, 0) is 23.8 Å². The number of anilines is 1. The molecule has 0 radical (unpaired) electrons. The maximum atomic E-state index is 13.1. The predicted octanol–water partition coefficient (Wildman–Crippen LogP) is 3.03. The van der Waals surface area contributed by atoms with Crippen molar-refractivity contribution in [3.8, 4) is 23.0 Å². The van der Waals surface area contributed by atoms with Crippen molar-refractivity contribution in [1.82, 2.24) is 0 Å². The zero-order valence-electron chi connectivity index (χ0n) is 16.0. The second-order valence-corrected chi connectivity index (χ2v) is 8.07. The molecule has 160 valence electrons. The second-order valence-electron chi connectivity index (χ2n) is 6.01. The minimum Gasteiger partial charge on any atom is -0.493 e. The highest BCUT2D eigenvalue weighted by Crippen LogP contribution is 2.41. The van der Waals surface area contributed by atoms with Crippen LogP contribution in [0.15, 0.2) is 35.2 Å². The van der Waals surface area contributed by atoms with Crippen LogP contribution >= 0.6 is 11.6 Å². The lowest BCUT2D eigenvalue weighted by molar-refractivity contribution is -0.131. The predicted molar refractivity (Wildman–Crippen MR) is 109 cm³/mol. The van der Waals surface area contributed by atoms with E-state index in [1.54, 1.807) is 0 Å². The zero-order valence-corrected chi connectivity index (χ0v) is 17.5. The van der Waals surface area contributed by atoms with Crippen LogP contribution in [0.1, 0.15) is 5.56 Å². The van der Waals surface area contributed by atoms with Gasteiger partial charge in [-0.2, -0.15) is 0 Å². The lowest BCUT2D eigenvalue weighted by Crippen LogP contribution is -2.17. The van der Waals surface area contributed by atoms with Crippen LogP contribution < -0.4 is 23.7 Å². The number of ether oxygens (including phenoxy) is 4. The number of fused-ring (bicyclic) bond motifs is 1. The number of benzene rings is 2. The number of hydrogen-bond acceptors (Lipinski definition) is 7. The summed E-state index contributed by atoms with van der Waals surface area (Å²) >= 11 is 6.21. The van der Waals surface area contributed by atoms with Crippen molar-refractivity contribution in [3.63, 3.8) is 0 Å². The van der Waals surface area contributed by atoms with Gasteiger partial charge in [0.05, 0.1) is 24.9 Å². The van der Waals surface area contributed by atoms with Gasteiger partial charge in [0.25, 0.3) is 10.0 Å². The van der Waals surface area contributed by atoms with Crippen LogP contribution in [0.3, 0.4) is 0 Å². The highest BCUT2D eigenvalue weighted by molar-refractivity contribution is 7.92. The van der Waals surface area contributed by atoms with E-state index in [1.165, 1.54) is 44.6 Å². The molecule has 0 saturated carbocycles. The Balaban J connectivity index is 2.07. The van der Waals surface area contributed by atoms with Crippen molar-refractivity contribution in [2.24, 2.45) is 0 Å². The van der Waals surface area contributed by atoms with Crippen molar-refractivity contribution in [1.29, 1.82) is 0 Å². The molecule has 3 rings (SSSR count). The van der Waals surface area contributed by atoms with Crippen LogP contribution in [0.4, 0.5) is 5.69 Å². The van der Waals surface area contributed by atoms with Gasteiger partial charge in [-0.25, -0.2) is 13.2 Å². The average molecular weight is 456 g/mol. The minimum absolute atomic E-state index is 0.0499. The van der Waals surface area contributed by atoms with Gasteiger partial charge in [0.1, 0.15) is 18.1 Å². The normalized spacial score (nSPS) is 13.2. The first-order valence-electron chi connectivity index (χ1n) is 8.54. The van der Waals surface area contributed by atoms with Crippen LogP contribution in [-0.4, -0.2) is 46.9 Å².